The topological polar surface area (TPSA) is 69.2 Å². The number of rotatable bonds is 5. The Morgan fingerprint density at radius 3 is 2.77 bits per heavy atom. The third kappa shape index (κ3) is 3.46. The van der Waals surface area contributed by atoms with Gasteiger partial charge in [0, 0.05) is 6.54 Å². The first-order valence-electron chi connectivity index (χ1n) is 8.77. The summed E-state index contributed by atoms with van der Waals surface area (Å²) in [6.07, 6.45) is 2.15. The van der Waals surface area contributed by atoms with Crippen LogP contribution < -0.4 is 0 Å². The Labute approximate surface area is 150 Å². The molecule has 1 saturated heterocycles. The van der Waals surface area contributed by atoms with E-state index in [4.69, 9.17) is 5.11 Å². The molecule has 3 aromatic rings. The Morgan fingerprint density at radius 1 is 1.23 bits per heavy atom. The van der Waals surface area contributed by atoms with Crippen LogP contribution in [0.15, 0.2) is 42.5 Å². The summed E-state index contributed by atoms with van der Waals surface area (Å²) in [7, 11) is 0. The van der Waals surface area contributed by atoms with Crippen molar-refractivity contribution in [1.82, 2.24) is 14.9 Å². The lowest BCUT2D eigenvalue weighted by molar-refractivity contribution is -0.136. The van der Waals surface area contributed by atoms with E-state index >= 15 is 0 Å². The summed E-state index contributed by atoms with van der Waals surface area (Å²) in [4.78, 5) is 21.1. The Bertz CT molecular complexity index is 936. The Morgan fingerprint density at radius 2 is 2.00 bits per heavy atom. The lowest BCUT2D eigenvalue weighted by Crippen LogP contribution is -2.23. The molecule has 26 heavy (non-hydrogen) atoms. The van der Waals surface area contributed by atoms with Gasteiger partial charge < -0.3 is 10.1 Å². The van der Waals surface area contributed by atoms with E-state index in [1.54, 1.807) is 6.07 Å². The molecule has 1 atom stereocenters. The molecule has 5 nitrogen and oxygen atoms in total. The van der Waals surface area contributed by atoms with Crippen molar-refractivity contribution in [2.24, 2.45) is 0 Å². The second kappa shape index (κ2) is 6.88. The molecule has 0 amide bonds. The lowest BCUT2D eigenvalue weighted by Gasteiger charge is -2.23. The molecule has 134 valence electrons. The maximum absolute atomic E-state index is 13.4. The lowest BCUT2D eigenvalue weighted by atomic mass is 10.1. The highest BCUT2D eigenvalue weighted by Gasteiger charge is 2.28. The summed E-state index contributed by atoms with van der Waals surface area (Å²) in [6, 6.07) is 12.5. The van der Waals surface area contributed by atoms with E-state index in [1.807, 2.05) is 24.3 Å². The first kappa shape index (κ1) is 16.7. The van der Waals surface area contributed by atoms with E-state index in [9.17, 15) is 9.18 Å². The number of halogens is 1. The van der Waals surface area contributed by atoms with Crippen LogP contribution in [0.3, 0.4) is 0 Å². The van der Waals surface area contributed by atoms with Crippen LogP contribution in [0.2, 0.25) is 0 Å². The summed E-state index contributed by atoms with van der Waals surface area (Å²) in [5.41, 5.74) is 3.46. The van der Waals surface area contributed by atoms with Crippen molar-refractivity contribution >= 4 is 17.0 Å². The summed E-state index contributed by atoms with van der Waals surface area (Å²) < 4.78 is 13.4. The number of benzene rings is 2. The highest BCUT2D eigenvalue weighted by Crippen LogP contribution is 2.32. The number of nitrogens with one attached hydrogen (secondary N) is 1. The van der Waals surface area contributed by atoms with Gasteiger partial charge in [-0.05, 0) is 48.7 Å². The van der Waals surface area contributed by atoms with Gasteiger partial charge in [0.25, 0.3) is 0 Å². The maximum atomic E-state index is 13.4. The molecule has 1 aliphatic rings. The number of hydrogen-bond donors (Lipinski definition) is 2. The van der Waals surface area contributed by atoms with Gasteiger partial charge in [-0.2, -0.15) is 0 Å². The van der Waals surface area contributed by atoms with Gasteiger partial charge in [0.2, 0.25) is 0 Å². The first-order chi connectivity index (χ1) is 12.6. The molecule has 0 spiro atoms. The summed E-state index contributed by atoms with van der Waals surface area (Å²) in [6.45, 7) is 1.76. The maximum Gasteiger partial charge on any atom is 0.307 e. The van der Waals surface area contributed by atoms with E-state index in [0.717, 1.165) is 53.9 Å². The Hall–Kier alpha value is -2.73. The van der Waals surface area contributed by atoms with E-state index < -0.39 is 5.97 Å². The number of H-pyrrole nitrogens is 1. The fraction of sp³-hybridized carbons (Fsp3) is 0.300. The largest absolute Gasteiger partial charge is 0.481 e. The fourth-order valence-electron chi connectivity index (χ4n) is 3.66. The number of hydrogen-bond acceptors (Lipinski definition) is 3. The summed E-state index contributed by atoms with van der Waals surface area (Å²) in [5.74, 6) is -0.207. The van der Waals surface area contributed by atoms with Gasteiger partial charge in [-0.15, -0.1) is 0 Å². The van der Waals surface area contributed by atoms with Gasteiger partial charge in [0.1, 0.15) is 11.6 Å². The van der Waals surface area contributed by atoms with Crippen LogP contribution in [0.5, 0.6) is 0 Å². The number of aromatic amines is 1. The van der Waals surface area contributed by atoms with Crippen LogP contribution in [0, 0.1) is 5.82 Å². The molecule has 6 heteroatoms. The normalized spacial score (nSPS) is 17.8. The smallest absolute Gasteiger partial charge is 0.307 e. The zero-order valence-electron chi connectivity index (χ0n) is 14.3. The fourth-order valence-corrected chi connectivity index (χ4v) is 3.66. The molecule has 2 N–H and O–H groups in total. The number of aromatic nitrogens is 2. The SMILES string of the molecule is O=C(O)Cc1ccc(CN2CCCC2c2nc3ccc(F)cc3[nH]2)cc1. The van der Waals surface area contributed by atoms with Crippen LogP contribution in [-0.2, 0) is 17.8 Å². The van der Waals surface area contributed by atoms with Gasteiger partial charge >= 0.3 is 5.97 Å². The molecule has 1 unspecified atom stereocenters. The number of imidazole rings is 1. The molecule has 1 fully saturated rings. The van der Waals surface area contributed by atoms with Crippen molar-refractivity contribution in [3.63, 3.8) is 0 Å². The Kier molecular flexibility index (Phi) is 4.42. The van der Waals surface area contributed by atoms with Crippen LogP contribution in [-0.4, -0.2) is 32.5 Å². The molecular weight excluding hydrogens is 333 g/mol. The molecule has 0 radical (unpaired) electrons. The van der Waals surface area contributed by atoms with Gasteiger partial charge in [-0.3, -0.25) is 9.69 Å². The predicted molar refractivity (Wildman–Crippen MR) is 96.2 cm³/mol. The molecule has 1 aromatic heterocycles. The third-order valence-corrected chi connectivity index (χ3v) is 4.91. The number of aliphatic carboxylic acids is 1. The average molecular weight is 353 g/mol. The van der Waals surface area contributed by atoms with E-state index in [0.29, 0.717) is 0 Å². The molecule has 1 aliphatic heterocycles. The minimum atomic E-state index is -0.821. The van der Waals surface area contributed by atoms with Crippen molar-refractivity contribution in [1.29, 1.82) is 0 Å². The number of carboxylic acids is 1. The van der Waals surface area contributed by atoms with E-state index in [-0.39, 0.29) is 18.3 Å². The highest BCUT2D eigenvalue weighted by atomic mass is 19.1. The molecule has 4 rings (SSSR count). The molecule has 0 aliphatic carbocycles. The van der Waals surface area contributed by atoms with E-state index in [2.05, 4.69) is 14.9 Å². The minimum Gasteiger partial charge on any atom is -0.481 e. The summed E-state index contributed by atoms with van der Waals surface area (Å²) >= 11 is 0. The molecule has 0 bridgehead atoms. The van der Waals surface area contributed by atoms with Gasteiger partial charge in [-0.25, -0.2) is 9.37 Å². The average Bonchev–Trinajstić information content (AvgIpc) is 3.22. The standard InChI is InChI=1S/C20H20FN3O2/c21-15-7-8-16-17(11-15)23-20(22-16)18-2-1-9-24(18)12-14-5-3-13(4-6-14)10-19(25)26/h3-8,11,18H,1-2,9-10,12H2,(H,22,23)(H,25,26). The zero-order chi connectivity index (χ0) is 18.1. The predicted octanol–water partition coefficient (Wildman–Crippen LogP) is 3.67. The minimum absolute atomic E-state index is 0.0438. The second-order valence-corrected chi connectivity index (χ2v) is 6.80. The van der Waals surface area contributed by atoms with Gasteiger partial charge in [-0.1, -0.05) is 24.3 Å². The van der Waals surface area contributed by atoms with Crippen LogP contribution in [0.4, 0.5) is 4.39 Å². The number of carboxylic acid groups (broad SMARTS) is 1. The summed E-state index contributed by atoms with van der Waals surface area (Å²) in [5, 5.41) is 8.86. The molecule has 0 saturated carbocycles. The Balaban J connectivity index is 1.51. The highest BCUT2D eigenvalue weighted by molar-refractivity contribution is 5.75. The van der Waals surface area contributed by atoms with Crippen molar-refractivity contribution in [2.45, 2.75) is 31.8 Å². The molecule has 2 aromatic carbocycles. The third-order valence-electron chi connectivity index (χ3n) is 4.91. The van der Waals surface area contributed by atoms with E-state index in [1.165, 1.54) is 12.1 Å². The first-order valence-corrected chi connectivity index (χ1v) is 8.77. The van der Waals surface area contributed by atoms with Crippen LogP contribution in [0.25, 0.3) is 11.0 Å². The monoisotopic (exact) mass is 353 g/mol. The van der Waals surface area contributed by atoms with Crippen molar-refractivity contribution in [3.05, 3.63) is 65.2 Å². The van der Waals surface area contributed by atoms with Gasteiger partial charge in [0.15, 0.2) is 0 Å². The van der Waals surface area contributed by atoms with Crippen molar-refractivity contribution in [2.75, 3.05) is 6.54 Å². The quantitative estimate of drug-likeness (QED) is 0.734. The van der Waals surface area contributed by atoms with Crippen LogP contribution >= 0.6 is 0 Å². The zero-order valence-corrected chi connectivity index (χ0v) is 14.3. The van der Waals surface area contributed by atoms with Crippen molar-refractivity contribution < 1.29 is 14.3 Å². The molecular formula is C20H20FN3O2. The molecule has 2 heterocycles. The van der Waals surface area contributed by atoms with Gasteiger partial charge in [0.05, 0.1) is 23.5 Å². The van der Waals surface area contributed by atoms with Crippen LogP contribution in [0.1, 0.15) is 35.8 Å². The second-order valence-electron chi connectivity index (χ2n) is 6.80. The van der Waals surface area contributed by atoms with Crippen molar-refractivity contribution in [3.8, 4) is 0 Å². The number of likely N-dealkylation sites (tertiary alicyclic amines) is 1. The number of nitrogens with zero attached hydrogens (tertiary/aromatic N) is 2. The number of fused-ring (bicyclic) bond motifs is 1. The number of carbonyl (C=O) groups is 1.